The zero-order chi connectivity index (χ0) is 16.3. The first-order valence-corrected chi connectivity index (χ1v) is 9.48. The quantitative estimate of drug-likeness (QED) is 0.890. The third kappa shape index (κ3) is 4.19. The van der Waals surface area contributed by atoms with Crippen LogP contribution in [0.1, 0.15) is 30.9 Å². The molecular formula is C15H22ClFN2O2S. The lowest BCUT2D eigenvalue weighted by Gasteiger charge is -2.31. The Hall–Kier alpha value is -0.690. The van der Waals surface area contributed by atoms with E-state index in [0.29, 0.717) is 30.2 Å². The summed E-state index contributed by atoms with van der Waals surface area (Å²) in [5.74, 6) is -0.168. The van der Waals surface area contributed by atoms with Gasteiger partial charge in [0, 0.05) is 36.3 Å². The van der Waals surface area contributed by atoms with E-state index >= 15 is 0 Å². The van der Waals surface area contributed by atoms with E-state index in [0.717, 1.165) is 18.4 Å². The second kappa shape index (κ2) is 7.25. The molecule has 7 heteroatoms. The molecule has 2 rings (SSSR count). The number of rotatable bonds is 5. The van der Waals surface area contributed by atoms with Gasteiger partial charge < -0.3 is 5.32 Å². The molecule has 1 fully saturated rings. The largest absolute Gasteiger partial charge is 0.310 e. The van der Waals surface area contributed by atoms with E-state index in [4.69, 9.17) is 11.6 Å². The lowest BCUT2D eigenvalue weighted by atomic mass is 10.1. The molecule has 0 saturated carbocycles. The summed E-state index contributed by atoms with van der Waals surface area (Å²) in [7, 11) is -3.11. The van der Waals surface area contributed by atoms with Crippen LogP contribution >= 0.6 is 11.6 Å². The minimum Gasteiger partial charge on any atom is -0.310 e. The number of nitrogens with one attached hydrogen (secondary N) is 1. The summed E-state index contributed by atoms with van der Waals surface area (Å²) in [6.45, 7) is 4.84. The maximum atomic E-state index is 13.9. The van der Waals surface area contributed by atoms with Crippen LogP contribution in [0.3, 0.4) is 0 Å². The summed E-state index contributed by atoms with van der Waals surface area (Å²) in [4.78, 5) is 0. The standard InChI is InChI=1S/C15H22ClFN2O2S/c1-3-22(20,21)19-6-4-12(5-7-19)18-10-13-14(16)8-11(2)9-15(13)17/h8-9,12,18H,3-7,10H2,1-2H3. The number of halogens is 2. The van der Waals surface area contributed by atoms with Crippen molar-refractivity contribution in [3.63, 3.8) is 0 Å². The van der Waals surface area contributed by atoms with E-state index in [9.17, 15) is 12.8 Å². The van der Waals surface area contributed by atoms with Crippen molar-refractivity contribution in [2.24, 2.45) is 0 Å². The molecule has 1 N–H and O–H groups in total. The summed E-state index contributed by atoms with van der Waals surface area (Å²) in [6, 6.07) is 3.40. The third-order valence-corrected chi connectivity index (χ3v) is 6.28. The Bertz CT molecular complexity index is 605. The van der Waals surface area contributed by atoms with Crippen molar-refractivity contribution < 1.29 is 12.8 Å². The molecule has 1 saturated heterocycles. The van der Waals surface area contributed by atoms with Crippen LogP contribution in [0.5, 0.6) is 0 Å². The van der Waals surface area contributed by atoms with Gasteiger partial charge in [-0.1, -0.05) is 11.6 Å². The van der Waals surface area contributed by atoms with E-state index in [-0.39, 0.29) is 17.6 Å². The summed E-state index contributed by atoms with van der Waals surface area (Å²) in [6.07, 6.45) is 1.45. The summed E-state index contributed by atoms with van der Waals surface area (Å²) >= 11 is 6.09. The van der Waals surface area contributed by atoms with E-state index in [1.807, 2.05) is 0 Å². The van der Waals surface area contributed by atoms with Gasteiger partial charge in [-0.2, -0.15) is 0 Å². The average molecular weight is 349 g/mol. The Morgan fingerprint density at radius 2 is 2.00 bits per heavy atom. The number of piperidine rings is 1. The number of hydrogen-bond acceptors (Lipinski definition) is 3. The molecule has 124 valence electrons. The molecule has 1 heterocycles. The van der Waals surface area contributed by atoms with E-state index < -0.39 is 10.0 Å². The first-order valence-electron chi connectivity index (χ1n) is 7.49. The van der Waals surface area contributed by atoms with Gasteiger partial charge in [-0.05, 0) is 44.4 Å². The Labute approximate surface area is 136 Å². The fourth-order valence-corrected chi connectivity index (χ4v) is 4.13. The van der Waals surface area contributed by atoms with E-state index in [1.54, 1.807) is 19.9 Å². The van der Waals surface area contributed by atoms with Gasteiger partial charge in [0.1, 0.15) is 5.82 Å². The number of benzene rings is 1. The van der Waals surface area contributed by atoms with Crippen LogP contribution in [0.25, 0.3) is 0 Å². The highest BCUT2D eigenvalue weighted by Gasteiger charge is 2.26. The van der Waals surface area contributed by atoms with Crippen LogP contribution in [-0.4, -0.2) is 37.6 Å². The highest BCUT2D eigenvalue weighted by Crippen LogP contribution is 2.22. The SMILES string of the molecule is CCS(=O)(=O)N1CCC(NCc2c(F)cc(C)cc2Cl)CC1. The predicted octanol–water partition coefficient (Wildman–Crippen LogP) is 2.69. The highest BCUT2D eigenvalue weighted by molar-refractivity contribution is 7.89. The second-order valence-electron chi connectivity index (χ2n) is 5.66. The number of hydrogen-bond donors (Lipinski definition) is 1. The van der Waals surface area contributed by atoms with Crippen LogP contribution in [0.2, 0.25) is 5.02 Å². The Morgan fingerprint density at radius 1 is 1.36 bits per heavy atom. The Balaban J connectivity index is 1.90. The molecule has 4 nitrogen and oxygen atoms in total. The van der Waals surface area contributed by atoms with Gasteiger partial charge in [0.2, 0.25) is 10.0 Å². The Kier molecular flexibility index (Phi) is 5.82. The lowest BCUT2D eigenvalue weighted by Crippen LogP contribution is -2.45. The normalized spacial score (nSPS) is 17.8. The van der Waals surface area contributed by atoms with Crippen molar-refractivity contribution in [1.29, 1.82) is 0 Å². The summed E-state index contributed by atoms with van der Waals surface area (Å²) < 4.78 is 39.1. The van der Waals surface area contributed by atoms with Crippen molar-refractivity contribution >= 4 is 21.6 Å². The molecule has 1 aromatic carbocycles. The minimum absolute atomic E-state index is 0.134. The predicted molar refractivity (Wildman–Crippen MR) is 87.0 cm³/mol. The van der Waals surface area contributed by atoms with Gasteiger partial charge in [-0.15, -0.1) is 0 Å². The maximum Gasteiger partial charge on any atom is 0.213 e. The fourth-order valence-electron chi connectivity index (χ4n) is 2.67. The fraction of sp³-hybridized carbons (Fsp3) is 0.600. The first-order chi connectivity index (χ1) is 10.3. The monoisotopic (exact) mass is 348 g/mol. The first kappa shape index (κ1) is 17.7. The molecular weight excluding hydrogens is 327 g/mol. The van der Waals surface area contributed by atoms with Crippen molar-refractivity contribution in [2.75, 3.05) is 18.8 Å². The van der Waals surface area contributed by atoms with Gasteiger partial charge in [0.25, 0.3) is 0 Å². The molecule has 0 unspecified atom stereocenters. The smallest absolute Gasteiger partial charge is 0.213 e. The van der Waals surface area contributed by atoms with Crippen LogP contribution in [-0.2, 0) is 16.6 Å². The van der Waals surface area contributed by atoms with Crippen LogP contribution < -0.4 is 5.32 Å². The lowest BCUT2D eigenvalue weighted by molar-refractivity contribution is 0.288. The van der Waals surface area contributed by atoms with Crippen LogP contribution in [0.4, 0.5) is 4.39 Å². The topological polar surface area (TPSA) is 49.4 Å². The molecule has 0 radical (unpaired) electrons. The van der Waals surface area contributed by atoms with Crippen LogP contribution in [0.15, 0.2) is 12.1 Å². The molecule has 22 heavy (non-hydrogen) atoms. The average Bonchev–Trinajstić information content (AvgIpc) is 2.46. The van der Waals surface area contributed by atoms with Crippen molar-refractivity contribution in [1.82, 2.24) is 9.62 Å². The van der Waals surface area contributed by atoms with Gasteiger partial charge in [-0.25, -0.2) is 17.1 Å². The summed E-state index contributed by atoms with van der Waals surface area (Å²) in [5, 5.41) is 3.71. The molecule has 1 aliphatic heterocycles. The van der Waals surface area contributed by atoms with Crippen molar-refractivity contribution in [2.45, 2.75) is 39.3 Å². The molecule has 1 aliphatic rings. The van der Waals surface area contributed by atoms with E-state index in [1.165, 1.54) is 10.4 Å². The van der Waals surface area contributed by atoms with Crippen LogP contribution in [0, 0.1) is 12.7 Å². The molecule has 1 aromatic rings. The van der Waals surface area contributed by atoms with Gasteiger partial charge in [-0.3, -0.25) is 0 Å². The van der Waals surface area contributed by atoms with E-state index in [2.05, 4.69) is 5.32 Å². The summed E-state index contributed by atoms with van der Waals surface area (Å²) in [5.41, 5.74) is 1.26. The number of sulfonamides is 1. The molecule has 0 bridgehead atoms. The van der Waals surface area contributed by atoms with Gasteiger partial charge >= 0.3 is 0 Å². The number of aryl methyl sites for hydroxylation is 1. The highest BCUT2D eigenvalue weighted by atomic mass is 35.5. The zero-order valence-corrected chi connectivity index (χ0v) is 14.5. The Morgan fingerprint density at radius 3 is 2.55 bits per heavy atom. The van der Waals surface area contributed by atoms with Crippen molar-refractivity contribution in [3.05, 3.63) is 34.1 Å². The molecule has 0 atom stereocenters. The van der Waals surface area contributed by atoms with Gasteiger partial charge in [0.05, 0.1) is 5.75 Å². The molecule has 0 amide bonds. The minimum atomic E-state index is -3.11. The van der Waals surface area contributed by atoms with Gasteiger partial charge in [0.15, 0.2) is 0 Å². The zero-order valence-electron chi connectivity index (χ0n) is 12.9. The third-order valence-electron chi connectivity index (χ3n) is 4.07. The molecule has 0 spiro atoms. The number of nitrogens with zero attached hydrogens (tertiary/aromatic N) is 1. The molecule has 0 aliphatic carbocycles. The maximum absolute atomic E-state index is 13.9. The van der Waals surface area contributed by atoms with Crippen molar-refractivity contribution in [3.8, 4) is 0 Å². The second-order valence-corrected chi connectivity index (χ2v) is 8.33. The molecule has 0 aromatic heterocycles.